The highest BCUT2D eigenvalue weighted by Gasteiger charge is 2.10. The second-order valence-electron chi connectivity index (χ2n) is 6.05. The molecule has 23 heavy (non-hydrogen) atoms. The molecule has 0 spiro atoms. The van der Waals surface area contributed by atoms with Gasteiger partial charge in [-0.05, 0) is 37.9 Å². The minimum atomic E-state index is -0.713. The molecule has 0 radical (unpaired) electrons. The minimum absolute atomic E-state index is 0.217. The van der Waals surface area contributed by atoms with Crippen LogP contribution in [-0.4, -0.2) is 29.5 Å². The molecular formula is C20H19NO2. The Bertz CT molecular complexity index is 948. The molecule has 1 atom stereocenters. The summed E-state index contributed by atoms with van der Waals surface area (Å²) in [5, 5.41) is 29.2. The molecule has 4 aromatic carbocycles. The first-order valence-corrected chi connectivity index (χ1v) is 7.93. The number of aliphatic hydroxyl groups excluding tert-OH is 2. The van der Waals surface area contributed by atoms with E-state index >= 15 is 0 Å². The summed E-state index contributed by atoms with van der Waals surface area (Å²) in [6.45, 7) is 0.842. The zero-order valence-electron chi connectivity index (χ0n) is 12.8. The summed E-state index contributed by atoms with van der Waals surface area (Å²) >= 11 is 0. The summed E-state index contributed by atoms with van der Waals surface area (Å²) in [5.41, 5.74) is 1.21. The summed E-state index contributed by atoms with van der Waals surface area (Å²) in [7, 11) is 0. The monoisotopic (exact) mass is 305 g/mol. The lowest BCUT2D eigenvalue weighted by molar-refractivity contribution is 0.0942. The molecular weight excluding hydrogens is 286 g/mol. The lowest BCUT2D eigenvalue weighted by Gasteiger charge is -2.15. The van der Waals surface area contributed by atoms with Crippen LogP contribution in [0.4, 0.5) is 0 Å². The van der Waals surface area contributed by atoms with Gasteiger partial charge in [-0.15, -0.1) is 0 Å². The van der Waals surface area contributed by atoms with Crippen molar-refractivity contribution in [1.82, 2.24) is 5.32 Å². The standard InChI is InChI=1S/C20H19NO2/c22-12-17(23)11-21-10-16-7-6-15-5-4-13-2-1-3-14-8-9-18(16)20(15)19(13)14/h1-9,17,21-23H,10-12H2/t17-/m1/s1. The molecule has 0 amide bonds. The average molecular weight is 305 g/mol. The maximum Gasteiger partial charge on any atom is 0.0895 e. The summed E-state index contributed by atoms with van der Waals surface area (Å²) in [4.78, 5) is 0. The van der Waals surface area contributed by atoms with Gasteiger partial charge in [-0.2, -0.15) is 0 Å². The summed E-state index contributed by atoms with van der Waals surface area (Å²) < 4.78 is 0. The van der Waals surface area contributed by atoms with Crippen molar-refractivity contribution in [3.05, 3.63) is 60.2 Å². The van der Waals surface area contributed by atoms with Crippen LogP contribution < -0.4 is 5.32 Å². The van der Waals surface area contributed by atoms with Crippen molar-refractivity contribution in [2.45, 2.75) is 12.6 Å². The normalized spacial score (nSPS) is 13.3. The molecule has 3 heteroatoms. The number of nitrogens with one attached hydrogen (secondary N) is 1. The van der Waals surface area contributed by atoms with Gasteiger partial charge in [0.15, 0.2) is 0 Å². The molecule has 0 saturated heterocycles. The lowest BCUT2D eigenvalue weighted by Crippen LogP contribution is -2.28. The van der Waals surface area contributed by atoms with Crippen molar-refractivity contribution in [1.29, 1.82) is 0 Å². The molecule has 3 N–H and O–H groups in total. The SMILES string of the molecule is OC[C@H](O)CNCc1ccc2ccc3cccc4ccc1c2c34. The van der Waals surface area contributed by atoms with Crippen molar-refractivity contribution in [2.24, 2.45) is 0 Å². The van der Waals surface area contributed by atoms with Gasteiger partial charge in [0.25, 0.3) is 0 Å². The van der Waals surface area contributed by atoms with Crippen LogP contribution in [-0.2, 0) is 6.54 Å². The first-order valence-electron chi connectivity index (χ1n) is 7.93. The maximum absolute atomic E-state index is 9.46. The van der Waals surface area contributed by atoms with Gasteiger partial charge in [0, 0.05) is 13.1 Å². The van der Waals surface area contributed by atoms with Crippen molar-refractivity contribution in [2.75, 3.05) is 13.2 Å². The van der Waals surface area contributed by atoms with Gasteiger partial charge in [0.1, 0.15) is 0 Å². The fourth-order valence-electron chi connectivity index (χ4n) is 3.39. The van der Waals surface area contributed by atoms with Crippen molar-refractivity contribution in [3.63, 3.8) is 0 Å². The Balaban J connectivity index is 1.83. The molecule has 4 rings (SSSR count). The van der Waals surface area contributed by atoms with Crippen LogP contribution in [0.15, 0.2) is 54.6 Å². The van der Waals surface area contributed by atoms with Gasteiger partial charge in [-0.25, -0.2) is 0 Å². The predicted octanol–water partition coefficient (Wildman–Crippen LogP) is 3.03. The van der Waals surface area contributed by atoms with E-state index in [1.807, 2.05) is 0 Å². The van der Waals surface area contributed by atoms with E-state index < -0.39 is 6.10 Å². The number of hydrogen-bond donors (Lipinski definition) is 3. The molecule has 0 fully saturated rings. The van der Waals surface area contributed by atoms with Gasteiger partial charge < -0.3 is 15.5 Å². The largest absolute Gasteiger partial charge is 0.394 e. The van der Waals surface area contributed by atoms with Crippen LogP contribution in [0.1, 0.15) is 5.56 Å². The molecule has 0 heterocycles. The lowest BCUT2D eigenvalue weighted by atomic mass is 9.92. The molecule has 4 aromatic rings. The van der Waals surface area contributed by atoms with E-state index in [1.165, 1.54) is 37.9 Å². The molecule has 0 unspecified atom stereocenters. The van der Waals surface area contributed by atoms with Gasteiger partial charge in [-0.3, -0.25) is 0 Å². The fraction of sp³-hybridized carbons (Fsp3) is 0.200. The summed E-state index contributed by atoms with van der Waals surface area (Å²) in [6, 6.07) is 19.4. The van der Waals surface area contributed by atoms with E-state index in [9.17, 15) is 5.11 Å². The second kappa shape index (κ2) is 5.78. The van der Waals surface area contributed by atoms with Crippen LogP contribution in [0.2, 0.25) is 0 Å². The first-order chi connectivity index (χ1) is 11.3. The Hall–Kier alpha value is -2.20. The highest BCUT2D eigenvalue weighted by atomic mass is 16.3. The Morgan fingerprint density at radius 1 is 0.826 bits per heavy atom. The molecule has 0 bridgehead atoms. The van der Waals surface area contributed by atoms with Crippen LogP contribution in [0, 0.1) is 0 Å². The van der Waals surface area contributed by atoms with Crippen LogP contribution in [0.5, 0.6) is 0 Å². The van der Waals surface area contributed by atoms with Gasteiger partial charge in [0.2, 0.25) is 0 Å². The van der Waals surface area contributed by atoms with E-state index in [0.717, 1.165) is 0 Å². The second-order valence-corrected chi connectivity index (χ2v) is 6.05. The topological polar surface area (TPSA) is 52.5 Å². The van der Waals surface area contributed by atoms with E-state index in [1.54, 1.807) is 0 Å². The Morgan fingerprint density at radius 2 is 1.48 bits per heavy atom. The summed E-state index contributed by atoms with van der Waals surface area (Å²) in [6.07, 6.45) is -0.713. The third kappa shape index (κ3) is 2.43. The third-order valence-electron chi connectivity index (χ3n) is 4.53. The van der Waals surface area contributed by atoms with Crippen molar-refractivity contribution >= 4 is 32.3 Å². The quantitative estimate of drug-likeness (QED) is 0.497. The average Bonchev–Trinajstić information content (AvgIpc) is 2.60. The van der Waals surface area contributed by atoms with Gasteiger partial charge >= 0.3 is 0 Å². The van der Waals surface area contributed by atoms with E-state index in [2.05, 4.69) is 59.9 Å². The Kier molecular flexibility index (Phi) is 3.62. The van der Waals surface area contributed by atoms with Crippen LogP contribution in [0.3, 0.4) is 0 Å². The highest BCUT2D eigenvalue weighted by molar-refractivity contribution is 6.23. The molecule has 0 aliphatic rings. The van der Waals surface area contributed by atoms with Gasteiger partial charge in [-0.1, -0.05) is 54.6 Å². The molecule has 0 aliphatic carbocycles. The van der Waals surface area contributed by atoms with Crippen LogP contribution >= 0.6 is 0 Å². The minimum Gasteiger partial charge on any atom is -0.394 e. The smallest absolute Gasteiger partial charge is 0.0895 e. The number of rotatable bonds is 5. The zero-order valence-corrected chi connectivity index (χ0v) is 12.8. The molecule has 0 aliphatic heterocycles. The fourth-order valence-corrected chi connectivity index (χ4v) is 3.39. The first kappa shape index (κ1) is 14.4. The van der Waals surface area contributed by atoms with E-state index in [4.69, 9.17) is 5.11 Å². The number of benzene rings is 4. The maximum atomic E-state index is 9.46. The third-order valence-corrected chi connectivity index (χ3v) is 4.53. The van der Waals surface area contributed by atoms with Crippen LogP contribution in [0.25, 0.3) is 32.3 Å². The molecule has 116 valence electrons. The zero-order chi connectivity index (χ0) is 15.8. The summed E-state index contributed by atoms with van der Waals surface area (Å²) in [5.74, 6) is 0. The van der Waals surface area contributed by atoms with Gasteiger partial charge in [0.05, 0.1) is 12.7 Å². The molecule has 3 nitrogen and oxygen atoms in total. The van der Waals surface area contributed by atoms with Crippen molar-refractivity contribution in [3.8, 4) is 0 Å². The Morgan fingerprint density at radius 3 is 2.22 bits per heavy atom. The van der Waals surface area contributed by atoms with E-state index in [-0.39, 0.29) is 6.61 Å². The Labute approximate surface area is 134 Å². The van der Waals surface area contributed by atoms with Crippen molar-refractivity contribution < 1.29 is 10.2 Å². The molecule has 0 aromatic heterocycles. The highest BCUT2D eigenvalue weighted by Crippen LogP contribution is 2.35. The van der Waals surface area contributed by atoms with E-state index in [0.29, 0.717) is 13.1 Å². The molecule has 0 saturated carbocycles. The predicted molar refractivity (Wildman–Crippen MR) is 94.9 cm³/mol. The number of aliphatic hydroxyl groups is 2. The number of hydrogen-bond acceptors (Lipinski definition) is 3.